The minimum absolute atomic E-state index is 0.0247. The van der Waals surface area contributed by atoms with Gasteiger partial charge >= 0.3 is 0 Å². The van der Waals surface area contributed by atoms with Crippen molar-refractivity contribution in [2.45, 2.75) is 65.3 Å². The van der Waals surface area contributed by atoms with Gasteiger partial charge in [0, 0.05) is 24.3 Å². The quantitative estimate of drug-likeness (QED) is 0.839. The van der Waals surface area contributed by atoms with Crippen molar-refractivity contribution in [2.24, 2.45) is 5.41 Å². The van der Waals surface area contributed by atoms with Crippen molar-refractivity contribution in [2.75, 3.05) is 6.61 Å². The summed E-state index contributed by atoms with van der Waals surface area (Å²) in [5, 5.41) is 16.9. The zero-order valence-electron chi connectivity index (χ0n) is 15.4. The molecule has 2 heterocycles. The number of aromatic nitrogens is 2. The molecule has 1 atom stereocenters. The highest BCUT2D eigenvalue weighted by Crippen LogP contribution is 2.40. The molecule has 1 unspecified atom stereocenters. The average Bonchev–Trinajstić information content (AvgIpc) is 3.28. The number of hydrogen-bond donors (Lipinski definition) is 2. The summed E-state index contributed by atoms with van der Waals surface area (Å²) >= 11 is 0. The number of amides is 1. The van der Waals surface area contributed by atoms with Crippen molar-refractivity contribution in [3.8, 4) is 0 Å². The molecule has 3 rings (SSSR count). The minimum atomic E-state index is -0.159. The van der Waals surface area contributed by atoms with E-state index in [1.54, 1.807) is 0 Å². The van der Waals surface area contributed by atoms with Crippen molar-refractivity contribution >= 4 is 17.0 Å². The third kappa shape index (κ3) is 4.18. The van der Waals surface area contributed by atoms with Gasteiger partial charge in [-0.25, -0.2) is 4.98 Å². The van der Waals surface area contributed by atoms with E-state index in [2.05, 4.69) is 36.2 Å². The summed E-state index contributed by atoms with van der Waals surface area (Å²) in [5.41, 5.74) is 2.74. The molecule has 1 amide bonds. The molecule has 1 saturated carbocycles. The molecule has 2 aromatic rings. The van der Waals surface area contributed by atoms with E-state index in [1.807, 2.05) is 13.0 Å². The van der Waals surface area contributed by atoms with Crippen molar-refractivity contribution in [1.82, 2.24) is 15.5 Å². The lowest BCUT2D eigenvalue weighted by molar-refractivity contribution is 0.0935. The molecule has 6 heteroatoms. The van der Waals surface area contributed by atoms with Gasteiger partial charge in [0.15, 0.2) is 0 Å². The summed E-state index contributed by atoms with van der Waals surface area (Å²) in [6.07, 6.45) is 3.43. The number of aliphatic hydroxyl groups excluding tert-OH is 1. The molecule has 0 saturated heterocycles. The van der Waals surface area contributed by atoms with Gasteiger partial charge in [-0.2, -0.15) is 0 Å². The molecule has 136 valence electrons. The smallest absolute Gasteiger partial charge is 0.259 e. The number of nitrogens with one attached hydrogen (secondary N) is 1. The molecule has 0 radical (unpaired) electrons. The van der Waals surface area contributed by atoms with Crippen LogP contribution in [0.1, 0.15) is 74.6 Å². The van der Waals surface area contributed by atoms with Gasteiger partial charge in [-0.05, 0) is 44.1 Å². The molecule has 0 aromatic carbocycles. The highest BCUT2D eigenvalue weighted by molar-refractivity contribution is 6.06. The SMILES string of the molecule is CC(CCO)NC(=O)c1cc(C2CC2)nc2onc(CC(C)(C)C)c12. The molecule has 0 spiro atoms. The summed E-state index contributed by atoms with van der Waals surface area (Å²) < 4.78 is 5.48. The molecule has 25 heavy (non-hydrogen) atoms. The first-order valence-electron chi connectivity index (χ1n) is 8.99. The average molecular weight is 345 g/mol. The Morgan fingerprint density at radius 1 is 1.44 bits per heavy atom. The second kappa shape index (κ2) is 6.75. The third-order valence-electron chi connectivity index (χ3n) is 4.41. The lowest BCUT2D eigenvalue weighted by Gasteiger charge is -2.17. The largest absolute Gasteiger partial charge is 0.396 e. The van der Waals surface area contributed by atoms with E-state index in [0.717, 1.165) is 24.2 Å². The van der Waals surface area contributed by atoms with E-state index in [9.17, 15) is 4.79 Å². The van der Waals surface area contributed by atoms with Crippen LogP contribution in [0, 0.1) is 5.41 Å². The normalized spacial score (nSPS) is 16.2. The Bertz CT molecular complexity index is 772. The van der Waals surface area contributed by atoms with E-state index in [0.29, 0.717) is 35.4 Å². The number of aliphatic hydroxyl groups is 1. The third-order valence-corrected chi connectivity index (χ3v) is 4.41. The monoisotopic (exact) mass is 345 g/mol. The standard InChI is InChI=1S/C19H27N3O3/c1-11(7-8-23)20-17(24)13-9-14(12-5-6-12)21-18-16(13)15(22-25-18)10-19(2,3)4/h9,11-12,23H,5-8,10H2,1-4H3,(H,20,24). The second-order valence-corrected chi connectivity index (χ2v) is 8.30. The van der Waals surface area contributed by atoms with Gasteiger partial charge in [0.05, 0.1) is 16.6 Å². The predicted octanol–water partition coefficient (Wildman–Crippen LogP) is 3.19. The van der Waals surface area contributed by atoms with Crippen LogP contribution in [0.3, 0.4) is 0 Å². The zero-order chi connectivity index (χ0) is 18.2. The predicted molar refractivity (Wildman–Crippen MR) is 95.6 cm³/mol. The molecule has 6 nitrogen and oxygen atoms in total. The zero-order valence-corrected chi connectivity index (χ0v) is 15.4. The van der Waals surface area contributed by atoms with Gasteiger partial charge < -0.3 is 14.9 Å². The van der Waals surface area contributed by atoms with Gasteiger partial charge in [0.1, 0.15) is 0 Å². The summed E-state index contributed by atoms with van der Waals surface area (Å²) in [7, 11) is 0. The number of carbonyl (C=O) groups is 1. The second-order valence-electron chi connectivity index (χ2n) is 8.30. The Balaban J connectivity index is 2.03. The van der Waals surface area contributed by atoms with Gasteiger partial charge in [0.25, 0.3) is 11.6 Å². The number of pyridine rings is 1. The Morgan fingerprint density at radius 2 is 2.16 bits per heavy atom. The Labute approximate surface area is 148 Å². The first-order valence-corrected chi connectivity index (χ1v) is 8.99. The van der Waals surface area contributed by atoms with Crippen LogP contribution in [0.5, 0.6) is 0 Å². The van der Waals surface area contributed by atoms with E-state index in [-0.39, 0.29) is 24.0 Å². The molecular weight excluding hydrogens is 318 g/mol. The number of rotatable bonds is 6. The minimum Gasteiger partial charge on any atom is -0.396 e. The molecule has 0 aliphatic heterocycles. The van der Waals surface area contributed by atoms with Crippen molar-refractivity contribution in [3.05, 3.63) is 23.0 Å². The Hall–Kier alpha value is -1.95. The van der Waals surface area contributed by atoms with E-state index < -0.39 is 0 Å². The first-order chi connectivity index (χ1) is 11.8. The highest BCUT2D eigenvalue weighted by atomic mass is 16.5. The van der Waals surface area contributed by atoms with Gasteiger partial charge in [0.2, 0.25) is 0 Å². The van der Waals surface area contributed by atoms with Crippen LogP contribution in [0.15, 0.2) is 10.6 Å². The molecule has 1 aliphatic rings. The summed E-state index contributed by atoms with van der Waals surface area (Å²) in [4.78, 5) is 17.5. The summed E-state index contributed by atoms with van der Waals surface area (Å²) in [6.45, 7) is 8.31. The topological polar surface area (TPSA) is 88.2 Å². The van der Waals surface area contributed by atoms with Crippen LogP contribution in [0.4, 0.5) is 0 Å². The number of carbonyl (C=O) groups excluding carboxylic acids is 1. The van der Waals surface area contributed by atoms with E-state index >= 15 is 0 Å². The molecule has 2 aromatic heterocycles. The first kappa shape index (κ1) is 17.9. The maximum absolute atomic E-state index is 12.9. The van der Waals surface area contributed by atoms with Crippen LogP contribution in [0.2, 0.25) is 0 Å². The lowest BCUT2D eigenvalue weighted by atomic mass is 9.89. The molecule has 2 N–H and O–H groups in total. The van der Waals surface area contributed by atoms with Crippen LogP contribution in [0.25, 0.3) is 11.1 Å². The van der Waals surface area contributed by atoms with Crippen LogP contribution >= 0.6 is 0 Å². The maximum Gasteiger partial charge on any atom is 0.259 e. The summed E-state index contributed by atoms with van der Waals surface area (Å²) in [6, 6.07) is 1.79. The fourth-order valence-corrected chi connectivity index (χ4v) is 2.99. The van der Waals surface area contributed by atoms with Crippen LogP contribution in [-0.4, -0.2) is 33.8 Å². The van der Waals surface area contributed by atoms with Gasteiger partial charge in [-0.15, -0.1) is 0 Å². The Kier molecular flexibility index (Phi) is 4.82. The van der Waals surface area contributed by atoms with Gasteiger partial charge in [-0.1, -0.05) is 25.9 Å². The van der Waals surface area contributed by atoms with Crippen molar-refractivity contribution in [3.63, 3.8) is 0 Å². The maximum atomic E-state index is 12.9. The lowest BCUT2D eigenvalue weighted by Crippen LogP contribution is -2.33. The van der Waals surface area contributed by atoms with Crippen LogP contribution in [-0.2, 0) is 6.42 Å². The van der Waals surface area contributed by atoms with Crippen molar-refractivity contribution in [1.29, 1.82) is 0 Å². The van der Waals surface area contributed by atoms with Crippen molar-refractivity contribution < 1.29 is 14.4 Å². The number of hydrogen-bond acceptors (Lipinski definition) is 5. The fourth-order valence-electron chi connectivity index (χ4n) is 2.99. The fraction of sp³-hybridized carbons (Fsp3) is 0.632. The highest BCUT2D eigenvalue weighted by Gasteiger charge is 2.30. The molecular formula is C19H27N3O3. The number of fused-ring (bicyclic) bond motifs is 1. The molecule has 1 aliphatic carbocycles. The van der Waals surface area contributed by atoms with Gasteiger partial charge in [-0.3, -0.25) is 4.79 Å². The van der Waals surface area contributed by atoms with E-state index in [1.165, 1.54) is 0 Å². The summed E-state index contributed by atoms with van der Waals surface area (Å²) in [5.74, 6) is 0.260. The van der Waals surface area contributed by atoms with E-state index in [4.69, 9.17) is 9.63 Å². The van der Waals surface area contributed by atoms with Crippen LogP contribution < -0.4 is 5.32 Å². The number of nitrogens with zero attached hydrogens (tertiary/aromatic N) is 2. The Morgan fingerprint density at radius 3 is 2.76 bits per heavy atom. The molecule has 0 bridgehead atoms. The molecule has 1 fully saturated rings.